The van der Waals surface area contributed by atoms with Crippen LogP contribution < -0.4 is 0 Å². The van der Waals surface area contributed by atoms with E-state index in [2.05, 4.69) is 29.2 Å². The molecule has 0 unspecified atom stereocenters. The summed E-state index contributed by atoms with van der Waals surface area (Å²) in [6, 6.07) is 12.6. The summed E-state index contributed by atoms with van der Waals surface area (Å²) in [6.07, 6.45) is 3.33. The summed E-state index contributed by atoms with van der Waals surface area (Å²) in [5.41, 5.74) is 6.98. The first-order chi connectivity index (χ1) is 9.74. The first-order valence-corrected chi connectivity index (χ1v) is 6.95. The Labute approximate surface area is 117 Å². The molecule has 3 heteroatoms. The Bertz CT molecular complexity index is 804. The van der Waals surface area contributed by atoms with Crippen LogP contribution in [-0.4, -0.2) is 14.7 Å². The third-order valence-corrected chi connectivity index (χ3v) is 4.28. The molecule has 0 bridgehead atoms. The van der Waals surface area contributed by atoms with Gasteiger partial charge in [0, 0.05) is 7.05 Å². The standard InChI is InChI=1S/C17H16N2O/c1-19-10-18-15-7-5-11(9-16(15)19)12-3-2-4-14-13(12)6-8-17(14)20/h2-5,7,9-10,17,20H,6,8H2,1H3/t17-/m1/s1. The molecular weight excluding hydrogens is 248 g/mol. The van der Waals surface area contributed by atoms with Crippen molar-refractivity contribution >= 4 is 11.0 Å². The molecule has 3 nitrogen and oxygen atoms in total. The molecule has 4 rings (SSSR count). The summed E-state index contributed by atoms with van der Waals surface area (Å²) < 4.78 is 2.04. The van der Waals surface area contributed by atoms with Gasteiger partial charge in [0.05, 0.1) is 23.5 Å². The van der Waals surface area contributed by atoms with E-state index in [0.717, 1.165) is 29.4 Å². The predicted octanol–water partition coefficient (Wildman–Crippen LogP) is 3.22. The molecule has 2 aromatic carbocycles. The Kier molecular flexibility index (Phi) is 2.44. The van der Waals surface area contributed by atoms with Gasteiger partial charge in [-0.15, -0.1) is 0 Å². The van der Waals surface area contributed by atoms with Crippen LogP contribution in [0.1, 0.15) is 23.7 Å². The Balaban J connectivity index is 1.93. The fraction of sp³-hybridized carbons (Fsp3) is 0.235. The van der Waals surface area contributed by atoms with Crippen LogP contribution in [0.15, 0.2) is 42.7 Å². The molecule has 20 heavy (non-hydrogen) atoms. The van der Waals surface area contributed by atoms with Gasteiger partial charge in [0.2, 0.25) is 0 Å². The molecule has 100 valence electrons. The van der Waals surface area contributed by atoms with Crippen LogP contribution in [0.4, 0.5) is 0 Å². The van der Waals surface area contributed by atoms with Crippen LogP contribution >= 0.6 is 0 Å². The Morgan fingerprint density at radius 2 is 2.15 bits per heavy atom. The van der Waals surface area contributed by atoms with Crippen LogP contribution in [0.3, 0.4) is 0 Å². The number of imidazole rings is 1. The maximum absolute atomic E-state index is 10.0. The summed E-state index contributed by atoms with van der Waals surface area (Å²) in [7, 11) is 2.01. The van der Waals surface area contributed by atoms with Gasteiger partial charge in [-0.3, -0.25) is 0 Å². The minimum absolute atomic E-state index is 0.301. The molecular formula is C17H16N2O. The van der Waals surface area contributed by atoms with E-state index in [1.165, 1.54) is 16.7 Å². The minimum Gasteiger partial charge on any atom is -0.388 e. The lowest BCUT2D eigenvalue weighted by Gasteiger charge is -2.10. The maximum Gasteiger partial charge on any atom is 0.0955 e. The van der Waals surface area contributed by atoms with Gasteiger partial charge in [-0.05, 0) is 47.2 Å². The molecule has 1 atom stereocenters. The third-order valence-electron chi connectivity index (χ3n) is 4.28. The molecule has 0 fully saturated rings. The van der Waals surface area contributed by atoms with Gasteiger partial charge in [0.15, 0.2) is 0 Å². The zero-order valence-corrected chi connectivity index (χ0v) is 11.4. The van der Waals surface area contributed by atoms with Crippen molar-refractivity contribution in [3.05, 3.63) is 53.9 Å². The molecule has 1 aliphatic carbocycles. The number of hydrogen-bond acceptors (Lipinski definition) is 2. The number of aromatic nitrogens is 2. The van der Waals surface area contributed by atoms with Crippen LogP contribution in [-0.2, 0) is 13.5 Å². The number of aryl methyl sites for hydroxylation is 1. The van der Waals surface area contributed by atoms with Crippen molar-refractivity contribution in [2.45, 2.75) is 18.9 Å². The van der Waals surface area contributed by atoms with E-state index in [-0.39, 0.29) is 6.10 Å². The number of benzene rings is 2. The second-order valence-electron chi connectivity index (χ2n) is 5.49. The van der Waals surface area contributed by atoms with Gasteiger partial charge in [0.25, 0.3) is 0 Å². The smallest absolute Gasteiger partial charge is 0.0955 e. The SMILES string of the molecule is Cn1cnc2ccc(-c3cccc4c3CC[C@H]4O)cc21. The molecule has 0 saturated carbocycles. The molecule has 3 aromatic rings. The van der Waals surface area contributed by atoms with Crippen LogP contribution in [0.25, 0.3) is 22.2 Å². The first kappa shape index (κ1) is 11.7. The van der Waals surface area contributed by atoms with E-state index >= 15 is 0 Å². The largest absolute Gasteiger partial charge is 0.388 e. The molecule has 1 heterocycles. The van der Waals surface area contributed by atoms with Crippen molar-refractivity contribution in [3.8, 4) is 11.1 Å². The summed E-state index contributed by atoms with van der Waals surface area (Å²) in [5.74, 6) is 0. The fourth-order valence-electron chi connectivity index (χ4n) is 3.20. The van der Waals surface area contributed by atoms with Crippen molar-refractivity contribution in [2.24, 2.45) is 7.05 Å². The summed E-state index contributed by atoms with van der Waals surface area (Å²) in [4.78, 5) is 4.36. The maximum atomic E-state index is 10.0. The molecule has 0 aliphatic heterocycles. The molecule has 1 N–H and O–H groups in total. The predicted molar refractivity (Wildman–Crippen MR) is 79.4 cm³/mol. The number of rotatable bonds is 1. The highest BCUT2D eigenvalue weighted by atomic mass is 16.3. The number of aliphatic hydroxyl groups excluding tert-OH is 1. The van der Waals surface area contributed by atoms with E-state index in [0.29, 0.717) is 0 Å². The average Bonchev–Trinajstić information content (AvgIpc) is 3.03. The molecule has 1 aromatic heterocycles. The second kappa shape index (κ2) is 4.18. The monoisotopic (exact) mass is 264 g/mol. The number of nitrogens with zero attached hydrogens (tertiary/aromatic N) is 2. The van der Waals surface area contributed by atoms with Gasteiger partial charge in [-0.2, -0.15) is 0 Å². The van der Waals surface area contributed by atoms with Crippen LogP contribution in [0.2, 0.25) is 0 Å². The van der Waals surface area contributed by atoms with Crippen LogP contribution in [0, 0.1) is 0 Å². The summed E-state index contributed by atoms with van der Waals surface area (Å²) in [5, 5.41) is 10.0. The van der Waals surface area contributed by atoms with Gasteiger partial charge in [-0.25, -0.2) is 4.98 Å². The van der Waals surface area contributed by atoms with E-state index in [1.54, 1.807) is 0 Å². The number of hydrogen-bond donors (Lipinski definition) is 1. The average molecular weight is 264 g/mol. The highest BCUT2D eigenvalue weighted by Gasteiger charge is 2.22. The normalized spacial score (nSPS) is 17.6. The Morgan fingerprint density at radius 3 is 3.05 bits per heavy atom. The van der Waals surface area contributed by atoms with E-state index in [9.17, 15) is 5.11 Å². The lowest BCUT2D eigenvalue weighted by Crippen LogP contribution is -1.92. The number of fused-ring (bicyclic) bond motifs is 2. The van der Waals surface area contributed by atoms with Crippen molar-refractivity contribution in [3.63, 3.8) is 0 Å². The van der Waals surface area contributed by atoms with Gasteiger partial charge >= 0.3 is 0 Å². The van der Waals surface area contributed by atoms with Gasteiger partial charge in [0.1, 0.15) is 0 Å². The fourth-order valence-corrected chi connectivity index (χ4v) is 3.20. The van der Waals surface area contributed by atoms with Gasteiger partial charge in [-0.1, -0.05) is 24.3 Å². The highest BCUT2D eigenvalue weighted by Crippen LogP contribution is 2.38. The van der Waals surface area contributed by atoms with Crippen molar-refractivity contribution in [1.29, 1.82) is 0 Å². The molecule has 1 aliphatic rings. The zero-order valence-electron chi connectivity index (χ0n) is 11.4. The van der Waals surface area contributed by atoms with Crippen molar-refractivity contribution in [1.82, 2.24) is 9.55 Å². The van der Waals surface area contributed by atoms with Crippen molar-refractivity contribution < 1.29 is 5.11 Å². The third kappa shape index (κ3) is 1.60. The molecule has 0 spiro atoms. The molecule has 0 amide bonds. The van der Waals surface area contributed by atoms with E-state index in [4.69, 9.17) is 0 Å². The van der Waals surface area contributed by atoms with E-state index in [1.807, 2.05) is 30.1 Å². The lowest BCUT2D eigenvalue weighted by molar-refractivity contribution is 0.180. The van der Waals surface area contributed by atoms with E-state index < -0.39 is 0 Å². The molecule has 0 radical (unpaired) electrons. The second-order valence-corrected chi connectivity index (χ2v) is 5.49. The quantitative estimate of drug-likeness (QED) is 0.733. The number of aliphatic hydroxyl groups is 1. The Morgan fingerprint density at radius 1 is 1.25 bits per heavy atom. The zero-order chi connectivity index (χ0) is 13.7. The first-order valence-electron chi connectivity index (χ1n) is 6.95. The van der Waals surface area contributed by atoms with Crippen LogP contribution in [0.5, 0.6) is 0 Å². The summed E-state index contributed by atoms with van der Waals surface area (Å²) in [6.45, 7) is 0. The molecule has 0 saturated heterocycles. The topological polar surface area (TPSA) is 38.0 Å². The van der Waals surface area contributed by atoms with Crippen molar-refractivity contribution in [2.75, 3.05) is 0 Å². The minimum atomic E-state index is -0.301. The summed E-state index contributed by atoms with van der Waals surface area (Å²) >= 11 is 0. The highest BCUT2D eigenvalue weighted by molar-refractivity contribution is 5.83. The van der Waals surface area contributed by atoms with Gasteiger partial charge < -0.3 is 9.67 Å². The Hall–Kier alpha value is -2.13. The lowest BCUT2D eigenvalue weighted by atomic mass is 9.96.